The van der Waals surface area contributed by atoms with Crippen molar-refractivity contribution in [2.45, 2.75) is 53.5 Å². The zero-order chi connectivity index (χ0) is 19.0. The van der Waals surface area contributed by atoms with Crippen LogP contribution in [0, 0.1) is 13.8 Å². The van der Waals surface area contributed by atoms with Gasteiger partial charge in [0.2, 0.25) is 5.91 Å². The highest BCUT2D eigenvalue weighted by molar-refractivity contribution is 14.0. The van der Waals surface area contributed by atoms with Crippen LogP contribution in [0.25, 0.3) is 0 Å². The Morgan fingerprint density at radius 3 is 2.23 bits per heavy atom. The lowest BCUT2D eigenvalue weighted by Crippen LogP contribution is -2.48. The van der Waals surface area contributed by atoms with E-state index in [0.717, 1.165) is 18.9 Å². The molecule has 1 aromatic carbocycles. The summed E-state index contributed by atoms with van der Waals surface area (Å²) in [5.74, 6) is 0.755. The third kappa shape index (κ3) is 9.99. The number of carbonyl (C=O) groups is 1. The maximum atomic E-state index is 12.1. The number of guanidine groups is 1. The van der Waals surface area contributed by atoms with Gasteiger partial charge in [-0.1, -0.05) is 29.3 Å². The Labute approximate surface area is 176 Å². The van der Waals surface area contributed by atoms with Crippen molar-refractivity contribution in [2.75, 3.05) is 26.7 Å². The second kappa shape index (κ2) is 11.4. The lowest BCUT2D eigenvalue weighted by Gasteiger charge is -2.25. The minimum Gasteiger partial charge on any atom is -0.357 e. The lowest BCUT2D eigenvalue weighted by atomic mass is 10.1. The molecule has 1 rings (SSSR count). The summed E-state index contributed by atoms with van der Waals surface area (Å²) in [7, 11) is 1.89. The number of benzene rings is 1. The number of hydrogen-bond acceptors (Lipinski definition) is 2. The van der Waals surface area contributed by atoms with E-state index in [9.17, 15) is 4.79 Å². The third-order valence-electron chi connectivity index (χ3n) is 3.54. The monoisotopic (exact) mass is 474 g/mol. The van der Waals surface area contributed by atoms with Gasteiger partial charge in [0.1, 0.15) is 0 Å². The average molecular weight is 474 g/mol. The number of carbonyl (C=O) groups excluding carboxylic acids is 1. The molecule has 0 aromatic heterocycles. The van der Waals surface area contributed by atoms with E-state index in [2.05, 4.69) is 47.7 Å². The van der Waals surface area contributed by atoms with Gasteiger partial charge in [0, 0.05) is 25.7 Å². The van der Waals surface area contributed by atoms with E-state index in [-0.39, 0.29) is 42.0 Å². The molecule has 0 bridgehead atoms. The van der Waals surface area contributed by atoms with E-state index < -0.39 is 0 Å². The second-order valence-corrected chi connectivity index (χ2v) is 7.64. The summed E-state index contributed by atoms with van der Waals surface area (Å²) < 4.78 is 0. The van der Waals surface area contributed by atoms with Crippen LogP contribution >= 0.6 is 24.0 Å². The van der Waals surface area contributed by atoms with Gasteiger partial charge in [-0.25, -0.2) is 0 Å². The highest BCUT2D eigenvalue weighted by atomic mass is 127. The minimum atomic E-state index is -0.226. The summed E-state index contributed by atoms with van der Waals surface area (Å²) in [6.07, 6.45) is 0.888. The van der Waals surface area contributed by atoms with Gasteiger partial charge in [0.15, 0.2) is 5.96 Å². The average Bonchev–Trinajstić information content (AvgIpc) is 2.43. The van der Waals surface area contributed by atoms with Gasteiger partial charge in [0.25, 0.3) is 0 Å². The molecule has 0 heterocycles. The molecule has 1 amide bonds. The number of aliphatic imine (C=N–C) groups is 1. The van der Waals surface area contributed by atoms with E-state index >= 15 is 0 Å². The van der Waals surface area contributed by atoms with E-state index in [1.165, 1.54) is 16.7 Å². The Kier molecular flexibility index (Phi) is 10.8. The molecule has 26 heavy (non-hydrogen) atoms. The number of hydrogen-bond donors (Lipinski definition) is 2. The van der Waals surface area contributed by atoms with E-state index in [0.29, 0.717) is 6.54 Å². The first-order valence-corrected chi connectivity index (χ1v) is 8.98. The number of likely N-dealkylation sites (N-methyl/N-ethyl adjacent to an activating group) is 1. The normalized spacial score (nSPS) is 11.6. The first kappa shape index (κ1) is 24.7. The second-order valence-electron chi connectivity index (χ2n) is 7.64. The molecule has 0 saturated carbocycles. The lowest BCUT2D eigenvalue weighted by molar-refractivity contribution is -0.122. The Morgan fingerprint density at radius 2 is 1.73 bits per heavy atom. The number of aryl methyl sites for hydroxylation is 2. The summed E-state index contributed by atoms with van der Waals surface area (Å²) in [6, 6.07) is 6.59. The van der Waals surface area contributed by atoms with Crippen LogP contribution in [0.15, 0.2) is 23.2 Å². The number of halogens is 1. The van der Waals surface area contributed by atoms with Crippen LogP contribution in [0.4, 0.5) is 0 Å². The Balaban J connectivity index is 0.00000625. The minimum absolute atomic E-state index is 0. The zero-order valence-corrected chi connectivity index (χ0v) is 19.6. The summed E-state index contributed by atoms with van der Waals surface area (Å²) in [4.78, 5) is 18.6. The largest absolute Gasteiger partial charge is 0.357 e. The fraction of sp³-hybridized carbons (Fsp3) is 0.600. The molecule has 0 spiro atoms. The van der Waals surface area contributed by atoms with Gasteiger partial charge in [-0.3, -0.25) is 9.79 Å². The first-order chi connectivity index (χ1) is 11.6. The summed E-state index contributed by atoms with van der Waals surface area (Å²) >= 11 is 0. The number of nitrogens with one attached hydrogen (secondary N) is 2. The quantitative estimate of drug-likeness (QED) is 0.378. The topological polar surface area (TPSA) is 56.7 Å². The smallest absolute Gasteiger partial charge is 0.240 e. The highest BCUT2D eigenvalue weighted by Crippen LogP contribution is 2.09. The molecule has 0 aliphatic carbocycles. The van der Waals surface area contributed by atoms with Gasteiger partial charge < -0.3 is 15.5 Å². The fourth-order valence-electron chi connectivity index (χ4n) is 2.72. The number of rotatable bonds is 6. The number of amides is 1. The molecular formula is C20H35IN4O. The maximum Gasteiger partial charge on any atom is 0.240 e. The van der Waals surface area contributed by atoms with Crippen molar-refractivity contribution in [2.24, 2.45) is 4.99 Å². The fourth-order valence-corrected chi connectivity index (χ4v) is 2.72. The molecule has 2 N–H and O–H groups in total. The Bertz CT molecular complexity index is 588. The van der Waals surface area contributed by atoms with Crippen LogP contribution in [-0.2, 0) is 11.2 Å². The predicted octanol–water partition coefficient (Wildman–Crippen LogP) is 3.28. The van der Waals surface area contributed by atoms with Crippen molar-refractivity contribution < 1.29 is 4.79 Å². The van der Waals surface area contributed by atoms with Crippen molar-refractivity contribution in [3.05, 3.63) is 34.9 Å². The molecule has 0 saturated heterocycles. The van der Waals surface area contributed by atoms with Gasteiger partial charge in [-0.2, -0.15) is 0 Å². The molecule has 0 atom stereocenters. The van der Waals surface area contributed by atoms with Crippen LogP contribution in [0.5, 0.6) is 0 Å². The molecule has 0 fully saturated rings. The van der Waals surface area contributed by atoms with E-state index in [1.807, 2.05) is 39.6 Å². The Hall–Kier alpha value is -1.31. The van der Waals surface area contributed by atoms with Crippen LogP contribution in [0.2, 0.25) is 0 Å². The number of nitrogens with zero attached hydrogens (tertiary/aromatic N) is 2. The van der Waals surface area contributed by atoms with E-state index in [4.69, 9.17) is 0 Å². The zero-order valence-electron chi connectivity index (χ0n) is 17.3. The standard InChI is InChI=1S/C20H34N4O.HI/c1-8-21-19(24(7)14-18(25)23-20(4,5)6)22-10-9-17-12-15(2)11-16(3)13-17;/h11-13H,8-10,14H2,1-7H3,(H,21,22)(H,23,25);1H. The van der Waals surface area contributed by atoms with E-state index in [1.54, 1.807) is 0 Å². The third-order valence-corrected chi connectivity index (χ3v) is 3.54. The van der Waals surface area contributed by atoms with Crippen molar-refractivity contribution >= 4 is 35.8 Å². The maximum absolute atomic E-state index is 12.1. The van der Waals surface area contributed by atoms with Crippen molar-refractivity contribution in [1.29, 1.82) is 0 Å². The Morgan fingerprint density at radius 1 is 1.15 bits per heavy atom. The molecule has 6 heteroatoms. The van der Waals surface area contributed by atoms with Crippen LogP contribution in [-0.4, -0.2) is 49.0 Å². The highest BCUT2D eigenvalue weighted by Gasteiger charge is 2.16. The SMILES string of the molecule is CCNC(=NCCc1cc(C)cc(C)c1)N(C)CC(=O)NC(C)(C)C.I. The molecule has 0 aliphatic heterocycles. The van der Waals surface area contributed by atoms with Gasteiger partial charge in [0.05, 0.1) is 6.54 Å². The van der Waals surface area contributed by atoms with Crippen molar-refractivity contribution in [3.63, 3.8) is 0 Å². The summed E-state index contributed by atoms with van der Waals surface area (Å²) in [5, 5.41) is 6.23. The van der Waals surface area contributed by atoms with Gasteiger partial charge in [-0.15, -0.1) is 24.0 Å². The molecule has 5 nitrogen and oxygen atoms in total. The van der Waals surface area contributed by atoms with Crippen LogP contribution in [0.3, 0.4) is 0 Å². The first-order valence-electron chi connectivity index (χ1n) is 8.98. The summed E-state index contributed by atoms with van der Waals surface area (Å²) in [6.45, 7) is 14.0. The molecular weight excluding hydrogens is 439 g/mol. The molecule has 1 aromatic rings. The van der Waals surface area contributed by atoms with Crippen LogP contribution < -0.4 is 10.6 Å². The molecule has 0 aliphatic rings. The molecule has 0 radical (unpaired) electrons. The molecule has 148 valence electrons. The van der Waals surface area contributed by atoms with Crippen LogP contribution in [0.1, 0.15) is 44.4 Å². The van der Waals surface area contributed by atoms with Crippen molar-refractivity contribution in [3.8, 4) is 0 Å². The molecule has 0 unspecified atom stereocenters. The predicted molar refractivity (Wildman–Crippen MR) is 122 cm³/mol. The van der Waals surface area contributed by atoms with Gasteiger partial charge >= 0.3 is 0 Å². The van der Waals surface area contributed by atoms with Gasteiger partial charge in [-0.05, 0) is 53.5 Å². The summed E-state index contributed by atoms with van der Waals surface area (Å²) in [5.41, 5.74) is 3.63. The van der Waals surface area contributed by atoms with Crippen molar-refractivity contribution in [1.82, 2.24) is 15.5 Å².